The van der Waals surface area contributed by atoms with Crippen LogP contribution in [0.1, 0.15) is 50.3 Å². The molecule has 2 aliphatic carbocycles. The van der Waals surface area contributed by atoms with E-state index in [1.807, 2.05) is 11.3 Å². The minimum Gasteiger partial charge on any atom is -0.327 e. The van der Waals surface area contributed by atoms with Gasteiger partial charge in [0.15, 0.2) is 0 Å². The van der Waals surface area contributed by atoms with Crippen LogP contribution in [0, 0.1) is 11.8 Å². The van der Waals surface area contributed by atoms with Gasteiger partial charge in [0.2, 0.25) is 0 Å². The van der Waals surface area contributed by atoms with Crippen molar-refractivity contribution in [1.29, 1.82) is 0 Å². The van der Waals surface area contributed by atoms with Crippen LogP contribution in [0.25, 0.3) is 0 Å². The zero-order valence-corrected chi connectivity index (χ0v) is 13.4. The quantitative estimate of drug-likeness (QED) is 0.862. The first-order chi connectivity index (χ1) is 9.76. The maximum atomic E-state index is 6.41. The van der Waals surface area contributed by atoms with E-state index in [1.54, 1.807) is 0 Å². The van der Waals surface area contributed by atoms with Gasteiger partial charge in [-0.2, -0.15) is 0 Å². The molecule has 0 radical (unpaired) electrons. The number of hydrogen-bond donors (Lipinski definition) is 1. The Morgan fingerprint density at radius 2 is 2.15 bits per heavy atom. The van der Waals surface area contributed by atoms with Gasteiger partial charge < -0.3 is 5.73 Å². The van der Waals surface area contributed by atoms with Crippen molar-refractivity contribution in [1.82, 2.24) is 4.90 Å². The van der Waals surface area contributed by atoms with Crippen molar-refractivity contribution in [2.45, 2.75) is 64.1 Å². The summed E-state index contributed by atoms with van der Waals surface area (Å²) in [5.74, 6) is 1.64. The topological polar surface area (TPSA) is 29.3 Å². The summed E-state index contributed by atoms with van der Waals surface area (Å²) in [6.07, 6.45) is 8.06. The van der Waals surface area contributed by atoms with Gasteiger partial charge in [-0.05, 0) is 55.4 Å². The molecule has 2 aliphatic rings. The average molecular weight is 292 g/mol. The minimum atomic E-state index is 0.433. The summed E-state index contributed by atoms with van der Waals surface area (Å²) in [6, 6.07) is 5.72. The van der Waals surface area contributed by atoms with E-state index in [2.05, 4.69) is 29.3 Å². The van der Waals surface area contributed by atoms with Crippen molar-refractivity contribution in [2.75, 3.05) is 6.54 Å². The van der Waals surface area contributed by atoms with Crippen molar-refractivity contribution in [3.63, 3.8) is 0 Å². The molecule has 1 heterocycles. The zero-order chi connectivity index (χ0) is 13.9. The van der Waals surface area contributed by atoms with E-state index < -0.39 is 0 Å². The summed E-state index contributed by atoms with van der Waals surface area (Å²) in [5, 5.41) is 2.19. The lowest BCUT2D eigenvalue weighted by Gasteiger charge is -2.37. The number of rotatable bonds is 6. The molecule has 0 aromatic carbocycles. The van der Waals surface area contributed by atoms with Gasteiger partial charge in [-0.25, -0.2) is 0 Å². The van der Waals surface area contributed by atoms with Crippen LogP contribution in [0.3, 0.4) is 0 Å². The van der Waals surface area contributed by atoms with Gasteiger partial charge in [-0.1, -0.05) is 19.4 Å². The molecule has 2 fully saturated rings. The molecule has 20 heavy (non-hydrogen) atoms. The van der Waals surface area contributed by atoms with E-state index in [-0.39, 0.29) is 0 Å². The van der Waals surface area contributed by atoms with Gasteiger partial charge in [0.05, 0.1) is 0 Å². The minimum absolute atomic E-state index is 0.433. The molecule has 0 bridgehead atoms. The van der Waals surface area contributed by atoms with Gasteiger partial charge >= 0.3 is 0 Å². The number of nitrogens with zero attached hydrogens (tertiary/aromatic N) is 1. The molecule has 3 rings (SSSR count). The van der Waals surface area contributed by atoms with Gasteiger partial charge in [-0.3, -0.25) is 4.90 Å². The second-order valence-electron chi connectivity index (χ2n) is 6.75. The van der Waals surface area contributed by atoms with Crippen LogP contribution in [-0.4, -0.2) is 23.5 Å². The Labute approximate surface area is 127 Å². The Hall–Kier alpha value is -0.380. The van der Waals surface area contributed by atoms with E-state index in [4.69, 9.17) is 5.73 Å². The Balaban J connectivity index is 1.60. The maximum Gasteiger partial charge on any atom is 0.0330 e. The van der Waals surface area contributed by atoms with Crippen LogP contribution >= 0.6 is 11.3 Å². The highest BCUT2D eigenvalue weighted by Gasteiger charge is 2.34. The molecule has 3 atom stereocenters. The molecule has 2 saturated carbocycles. The van der Waals surface area contributed by atoms with E-state index in [0.717, 1.165) is 18.5 Å². The molecule has 1 aromatic heterocycles. The summed E-state index contributed by atoms with van der Waals surface area (Å²) < 4.78 is 0. The highest BCUT2D eigenvalue weighted by molar-refractivity contribution is 7.09. The molecular weight excluding hydrogens is 264 g/mol. The second-order valence-corrected chi connectivity index (χ2v) is 7.78. The largest absolute Gasteiger partial charge is 0.327 e. The SMILES string of the molecule is CCC1CCC(N)C(CN(Cc2cccs2)C2CC2)C1. The third kappa shape index (κ3) is 3.63. The van der Waals surface area contributed by atoms with Crippen LogP contribution in [0.2, 0.25) is 0 Å². The monoisotopic (exact) mass is 292 g/mol. The van der Waals surface area contributed by atoms with Crippen LogP contribution in [0.5, 0.6) is 0 Å². The molecule has 112 valence electrons. The number of nitrogens with two attached hydrogens (primary N) is 1. The maximum absolute atomic E-state index is 6.41. The molecule has 3 heteroatoms. The van der Waals surface area contributed by atoms with E-state index >= 15 is 0 Å². The van der Waals surface area contributed by atoms with Gasteiger partial charge in [-0.15, -0.1) is 11.3 Å². The lowest BCUT2D eigenvalue weighted by Crippen LogP contribution is -2.43. The van der Waals surface area contributed by atoms with Crippen LogP contribution in [-0.2, 0) is 6.54 Å². The molecular formula is C17H28N2S. The van der Waals surface area contributed by atoms with Crippen molar-refractivity contribution >= 4 is 11.3 Å². The van der Waals surface area contributed by atoms with Crippen LogP contribution in [0.15, 0.2) is 17.5 Å². The predicted octanol–water partition coefficient (Wildman–Crippen LogP) is 3.87. The lowest BCUT2D eigenvalue weighted by molar-refractivity contribution is 0.144. The van der Waals surface area contributed by atoms with Gasteiger partial charge in [0.1, 0.15) is 0 Å². The Morgan fingerprint density at radius 1 is 1.30 bits per heavy atom. The summed E-state index contributed by atoms with van der Waals surface area (Å²) in [7, 11) is 0. The third-order valence-corrected chi connectivity index (χ3v) is 6.06. The summed E-state index contributed by atoms with van der Waals surface area (Å²) in [4.78, 5) is 4.22. The smallest absolute Gasteiger partial charge is 0.0330 e. The fourth-order valence-electron chi connectivity index (χ4n) is 3.65. The molecule has 2 nitrogen and oxygen atoms in total. The van der Waals surface area contributed by atoms with Crippen molar-refractivity contribution in [3.05, 3.63) is 22.4 Å². The predicted molar refractivity (Wildman–Crippen MR) is 86.8 cm³/mol. The van der Waals surface area contributed by atoms with E-state index in [1.165, 1.54) is 49.9 Å². The van der Waals surface area contributed by atoms with Gasteiger partial charge in [0, 0.05) is 30.1 Å². The number of thiophene rings is 1. The summed E-state index contributed by atoms with van der Waals surface area (Å²) >= 11 is 1.89. The lowest BCUT2D eigenvalue weighted by atomic mass is 9.77. The first-order valence-electron chi connectivity index (χ1n) is 8.28. The normalized spacial score (nSPS) is 30.9. The molecule has 0 saturated heterocycles. The Bertz CT molecular complexity index is 399. The standard InChI is InChI=1S/C17H28N2S/c1-2-13-5-8-17(18)14(10-13)11-19(15-6-7-15)12-16-4-3-9-20-16/h3-4,9,13-15,17H,2,5-8,10-12,18H2,1H3. The van der Waals surface area contributed by atoms with Gasteiger partial charge in [0.25, 0.3) is 0 Å². The van der Waals surface area contributed by atoms with Crippen LogP contribution < -0.4 is 5.73 Å². The molecule has 3 unspecified atom stereocenters. The van der Waals surface area contributed by atoms with Crippen molar-refractivity contribution < 1.29 is 0 Å². The summed E-state index contributed by atoms with van der Waals surface area (Å²) in [6.45, 7) is 4.70. The second kappa shape index (κ2) is 6.59. The fourth-order valence-corrected chi connectivity index (χ4v) is 4.38. The van der Waals surface area contributed by atoms with Crippen LogP contribution in [0.4, 0.5) is 0 Å². The first-order valence-corrected chi connectivity index (χ1v) is 9.16. The Morgan fingerprint density at radius 3 is 2.80 bits per heavy atom. The van der Waals surface area contributed by atoms with E-state index in [0.29, 0.717) is 12.0 Å². The zero-order valence-electron chi connectivity index (χ0n) is 12.6. The Kier molecular flexibility index (Phi) is 4.79. The fraction of sp³-hybridized carbons (Fsp3) is 0.765. The van der Waals surface area contributed by atoms with E-state index in [9.17, 15) is 0 Å². The molecule has 0 amide bonds. The van der Waals surface area contributed by atoms with Crippen molar-refractivity contribution in [2.24, 2.45) is 17.6 Å². The summed E-state index contributed by atoms with van der Waals surface area (Å²) in [5.41, 5.74) is 6.41. The molecule has 0 spiro atoms. The average Bonchev–Trinajstić information content (AvgIpc) is 3.18. The molecule has 1 aromatic rings. The van der Waals surface area contributed by atoms with Crippen molar-refractivity contribution in [3.8, 4) is 0 Å². The molecule has 0 aliphatic heterocycles. The highest BCUT2D eigenvalue weighted by Crippen LogP contribution is 2.35. The first kappa shape index (κ1) is 14.6. The molecule has 2 N–H and O–H groups in total. The number of hydrogen-bond acceptors (Lipinski definition) is 3. The third-order valence-electron chi connectivity index (χ3n) is 5.20. The highest BCUT2D eigenvalue weighted by atomic mass is 32.1.